The second kappa shape index (κ2) is 6.22. The van der Waals surface area contributed by atoms with Crippen molar-refractivity contribution in [3.63, 3.8) is 0 Å². The monoisotopic (exact) mass is 299 g/mol. The summed E-state index contributed by atoms with van der Waals surface area (Å²) in [6.45, 7) is 0. The van der Waals surface area contributed by atoms with Crippen molar-refractivity contribution in [2.75, 3.05) is 28.3 Å². The van der Waals surface area contributed by atoms with Gasteiger partial charge in [0.05, 0.1) is 25.4 Å². The van der Waals surface area contributed by atoms with E-state index in [1.165, 1.54) is 6.20 Å². The number of nitriles is 1. The van der Waals surface area contributed by atoms with Gasteiger partial charge in [-0.25, -0.2) is 0 Å². The highest BCUT2D eigenvalue weighted by Crippen LogP contribution is 2.32. The van der Waals surface area contributed by atoms with Gasteiger partial charge in [0.25, 0.3) is 0 Å². The van der Waals surface area contributed by atoms with Crippen LogP contribution in [0.25, 0.3) is 10.9 Å². The molecule has 1 N–H and O–H groups in total. The first-order chi connectivity index (χ1) is 10.5. The Morgan fingerprint density at radius 3 is 2.55 bits per heavy atom. The first kappa shape index (κ1) is 15.4. The summed E-state index contributed by atoms with van der Waals surface area (Å²) in [6, 6.07) is 7.11. The summed E-state index contributed by atoms with van der Waals surface area (Å²) in [4.78, 5) is 17.1. The largest absolute Gasteiger partial charge is 0.497 e. The third kappa shape index (κ3) is 2.88. The second-order valence-corrected chi connectivity index (χ2v) is 4.92. The summed E-state index contributed by atoms with van der Waals surface area (Å²) >= 11 is 0. The molecular formula is C16H17N3O3. The molecule has 6 nitrogen and oxygen atoms in total. The summed E-state index contributed by atoms with van der Waals surface area (Å²) in [5.74, 6) is 0.850. The molecule has 0 saturated carbocycles. The minimum absolute atomic E-state index is 0.0579. The number of nitrogens with one attached hydrogen (secondary N) is 1. The van der Waals surface area contributed by atoms with Crippen molar-refractivity contribution in [2.24, 2.45) is 0 Å². The van der Waals surface area contributed by atoms with Crippen molar-refractivity contribution in [2.45, 2.75) is 0 Å². The van der Waals surface area contributed by atoms with Gasteiger partial charge in [-0.2, -0.15) is 5.26 Å². The Bertz CT molecular complexity index is 782. The number of carbonyl (C=O) groups excluding carboxylic acids is 1. The van der Waals surface area contributed by atoms with Gasteiger partial charge in [0.1, 0.15) is 23.1 Å². The molecule has 0 aliphatic heterocycles. The number of ketones is 1. The van der Waals surface area contributed by atoms with Crippen molar-refractivity contribution >= 4 is 16.7 Å². The van der Waals surface area contributed by atoms with E-state index in [1.54, 1.807) is 51.4 Å². The number of carbonyl (C=O) groups is 1. The predicted octanol–water partition coefficient (Wildman–Crippen LogP) is 2.34. The van der Waals surface area contributed by atoms with Crippen LogP contribution >= 0.6 is 0 Å². The van der Waals surface area contributed by atoms with E-state index in [-0.39, 0.29) is 11.4 Å². The Balaban J connectivity index is 2.54. The second-order valence-electron chi connectivity index (χ2n) is 4.92. The maximum Gasteiger partial charge on any atom is 0.221 e. The molecule has 1 aromatic heterocycles. The number of allylic oxidation sites excluding steroid dienone is 1. The zero-order valence-corrected chi connectivity index (χ0v) is 12.9. The summed E-state index contributed by atoms with van der Waals surface area (Å²) in [5, 5.41) is 9.90. The number of nitrogens with zero attached hydrogens (tertiary/aromatic N) is 2. The minimum atomic E-state index is -0.367. The smallest absolute Gasteiger partial charge is 0.221 e. The van der Waals surface area contributed by atoms with Gasteiger partial charge in [0.2, 0.25) is 5.78 Å². The van der Waals surface area contributed by atoms with Crippen LogP contribution in [0.15, 0.2) is 30.0 Å². The van der Waals surface area contributed by atoms with E-state index in [4.69, 9.17) is 14.7 Å². The molecule has 0 saturated heterocycles. The van der Waals surface area contributed by atoms with Crippen LogP contribution in [0.2, 0.25) is 0 Å². The number of hydrogen-bond donors (Lipinski definition) is 1. The zero-order valence-electron chi connectivity index (χ0n) is 12.9. The number of rotatable bonds is 5. The van der Waals surface area contributed by atoms with Crippen LogP contribution in [-0.4, -0.2) is 44.0 Å². The first-order valence-corrected chi connectivity index (χ1v) is 6.58. The van der Waals surface area contributed by atoms with Gasteiger partial charge < -0.3 is 19.4 Å². The topological polar surface area (TPSA) is 78.3 Å². The van der Waals surface area contributed by atoms with Crippen LogP contribution in [-0.2, 0) is 0 Å². The number of ether oxygens (including phenoxy) is 2. The number of methoxy groups -OCH3 is 2. The van der Waals surface area contributed by atoms with Crippen molar-refractivity contribution in [3.05, 3.63) is 35.7 Å². The number of aromatic nitrogens is 1. The molecule has 2 rings (SSSR count). The van der Waals surface area contributed by atoms with Crippen LogP contribution in [0, 0.1) is 11.3 Å². The fraction of sp³-hybridized carbons (Fsp3) is 0.250. The Morgan fingerprint density at radius 1 is 1.27 bits per heavy atom. The normalized spacial score (nSPS) is 11.1. The maximum atomic E-state index is 12.4. The van der Waals surface area contributed by atoms with Gasteiger partial charge in [-0.15, -0.1) is 0 Å². The standard InChI is InChI=1S/C16H17N3O3/c1-19(2)9-10(8-17)16(20)14-7-12-13(18-14)5-11(21-3)6-15(12)22-4/h5-7,9,18H,1-4H3. The lowest BCUT2D eigenvalue weighted by Gasteiger charge is -2.04. The van der Waals surface area contributed by atoms with Gasteiger partial charge >= 0.3 is 0 Å². The van der Waals surface area contributed by atoms with E-state index in [9.17, 15) is 4.79 Å². The molecule has 0 fully saturated rings. The summed E-state index contributed by atoms with van der Waals surface area (Å²) < 4.78 is 10.5. The molecule has 2 aromatic rings. The molecule has 0 atom stereocenters. The van der Waals surface area contributed by atoms with Crippen molar-refractivity contribution in [3.8, 4) is 17.6 Å². The fourth-order valence-corrected chi connectivity index (χ4v) is 2.13. The van der Waals surface area contributed by atoms with Gasteiger partial charge in [0.15, 0.2) is 0 Å². The number of aromatic amines is 1. The van der Waals surface area contributed by atoms with Gasteiger partial charge in [-0.3, -0.25) is 4.79 Å². The minimum Gasteiger partial charge on any atom is -0.497 e. The number of hydrogen-bond acceptors (Lipinski definition) is 5. The lowest BCUT2D eigenvalue weighted by Crippen LogP contribution is -2.09. The van der Waals surface area contributed by atoms with Crippen LogP contribution in [0.4, 0.5) is 0 Å². The molecule has 0 unspecified atom stereocenters. The first-order valence-electron chi connectivity index (χ1n) is 6.58. The molecule has 0 aliphatic rings. The zero-order chi connectivity index (χ0) is 16.3. The SMILES string of the molecule is COc1cc(OC)c2cc(C(=O)C(C#N)=CN(C)C)[nH]c2c1. The van der Waals surface area contributed by atoms with E-state index in [2.05, 4.69) is 4.98 Å². The lowest BCUT2D eigenvalue weighted by atomic mass is 10.1. The Hall–Kier alpha value is -2.94. The molecule has 1 heterocycles. The quantitative estimate of drug-likeness (QED) is 0.521. The number of benzene rings is 1. The molecular weight excluding hydrogens is 282 g/mol. The highest BCUT2D eigenvalue weighted by Gasteiger charge is 2.17. The molecule has 6 heteroatoms. The number of Topliss-reactive ketones (excluding diaryl/α,β-unsaturated/α-hetero) is 1. The molecule has 22 heavy (non-hydrogen) atoms. The van der Waals surface area contributed by atoms with Crippen LogP contribution in [0.3, 0.4) is 0 Å². The van der Waals surface area contributed by atoms with Gasteiger partial charge in [0, 0.05) is 37.8 Å². The molecule has 0 spiro atoms. The summed E-state index contributed by atoms with van der Waals surface area (Å²) in [5.41, 5.74) is 1.10. The van der Waals surface area contributed by atoms with E-state index < -0.39 is 0 Å². The third-order valence-electron chi connectivity index (χ3n) is 3.13. The van der Waals surface area contributed by atoms with Gasteiger partial charge in [-0.05, 0) is 6.07 Å². The highest BCUT2D eigenvalue weighted by molar-refractivity contribution is 6.12. The third-order valence-corrected chi connectivity index (χ3v) is 3.13. The number of fused-ring (bicyclic) bond motifs is 1. The van der Waals surface area contributed by atoms with Crippen molar-refractivity contribution in [1.82, 2.24) is 9.88 Å². The van der Waals surface area contributed by atoms with Crippen molar-refractivity contribution in [1.29, 1.82) is 5.26 Å². The van der Waals surface area contributed by atoms with Crippen LogP contribution in [0.5, 0.6) is 11.5 Å². The average molecular weight is 299 g/mol. The van der Waals surface area contributed by atoms with Crippen LogP contribution in [0.1, 0.15) is 10.5 Å². The Kier molecular flexibility index (Phi) is 4.37. The average Bonchev–Trinajstić information content (AvgIpc) is 2.94. The maximum absolute atomic E-state index is 12.4. The van der Waals surface area contributed by atoms with Gasteiger partial charge in [-0.1, -0.05) is 0 Å². The number of H-pyrrole nitrogens is 1. The van der Waals surface area contributed by atoms with E-state index in [0.717, 1.165) is 5.39 Å². The molecule has 0 bridgehead atoms. The molecule has 1 aromatic carbocycles. The Morgan fingerprint density at radius 2 is 2.00 bits per heavy atom. The molecule has 114 valence electrons. The van der Waals surface area contributed by atoms with Crippen LogP contribution < -0.4 is 9.47 Å². The summed E-state index contributed by atoms with van der Waals surface area (Å²) in [7, 11) is 6.62. The van der Waals surface area contributed by atoms with Crippen molar-refractivity contribution < 1.29 is 14.3 Å². The fourth-order valence-electron chi connectivity index (χ4n) is 2.13. The molecule has 0 aliphatic carbocycles. The Labute approximate surface area is 128 Å². The molecule has 0 amide bonds. The van der Waals surface area contributed by atoms with E-state index >= 15 is 0 Å². The van der Waals surface area contributed by atoms with E-state index in [0.29, 0.717) is 22.7 Å². The van der Waals surface area contributed by atoms with E-state index in [1.807, 2.05) is 6.07 Å². The lowest BCUT2D eigenvalue weighted by molar-refractivity contribution is 0.103. The molecule has 0 radical (unpaired) electrons. The predicted molar refractivity (Wildman–Crippen MR) is 83.1 cm³/mol. The highest BCUT2D eigenvalue weighted by atomic mass is 16.5. The summed E-state index contributed by atoms with van der Waals surface area (Å²) in [6.07, 6.45) is 1.49.